The zero-order valence-electron chi connectivity index (χ0n) is 11.7. The second-order valence-corrected chi connectivity index (χ2v) is 5.15. The molecule has 4 nitrogen and oxygen atoms in total. The number of halogens is 1. The number of hydrogen-bond acceptors (Lipinski definition) is 4. The fourth-order valence-electron chi connectivity index (χ4n) is 2.28. The third kappa shape index (κ3) is 2.69. The first-order valence-electron chi connectivity index (χ1n) is 6.82. The molecule has 1 unspecified atom stereocenters. The van der Waals surface area contributed by atoms with E-state index in [-0.39, 0.29) is 0 Å². The van der Waals surface area contributed by atoms with Gasteiger partial charge in [-0.05, 0) is 36.8 Å². The maximum Gasteiger partial charge on any atom is 0.161 e. The van der Waals surface area contributed by atoms with Crippen molar-refractivity contribution in [3.05, 3.63) is 53.6 Å². The molecule has 2 heterocycles. The summed E-state index contributed by atoms with van der Waals surface area (Å²) in [4.78, 5) is 3.96. The minimum atomic E-state index is -1.33. The van der Waals surface area contributed by atoms with Crippen molar-refractivity contribution in [2.24, 2.45) is 0 Å². The highest BCUT2D eigenvalue weighted by Crippen LogP contribution is 2.36. The molecule has 1 atom stereocenters. The lowest BCUT2D eigenvalue weighted by Gasteiger charge is -2.24. The highest BCUT2D eigenvalue weighted by Gasteiger charge is 2.28. The number of aromatic nitrogens is 1. The van der Waals surface area contributed by atoms with E-state index in [0.29, 0.717) is 36.0 Å². The van der Waals surface area contributed by atoms with Crippen LogP contribution in [0.4, 0.5) is 4.39 Å². The van der Waals surface area contributed by atoms with Crippen molar-refractivity contribution in [1.29, 1.82) is 0 Å². The molecule has 3 rings (SSSR count). The summed E-state index contributed by atoms with van der Waals surface area (Å²) in [6.45, 7) is 2.81. The quantitative estimate of drug-likeness (QED) is 0.923. The number of nitrogens with zero attached hydrogens (tertiary/aromatic N) is 1. The molecule has 110 valence electrons. The third-order valence-corrected chi connectivity index (χ3v) is 3.54. The fourth-order valence-corrected chi connectivity index (χ4v) is 2.28. The molecule has 0 radical (unpaired) electrons. The summed E-state index contributed by atoms with van der Waals surface area (Å²) < 4.78 is 24.2. The first-order valence-corrected chi connectivity index (χ1v) is 6.82. The van der Waals surface area contributed by atoms with E-state index in [0.717, 1.165) is 12.6 Å². The van der Waals surface area contributed by atoms with Crippen LogP contribution in [-0.2, 0) is 5.60 Å². The van der Waals surface area contributed by atoms with Crippen molar-refractivity contribution in [2.75, 3.05) is 13.2 Å². The van der Waals surface area contributed by atoms with Crippen molar-refractivity contribution >= 4 is 0 Å². The molecular weight excluding hydrogens is 273 g/mol. The number of fused-ring (bicyclic) bond motifs is 1. The topological polar surface area (TPSA) is 51.6 Å². The van der Waals surface area contributed by atoms with E-state index in [9.17, 15) is 9.50 Å². The van der Waals surface area contributed by atoms with Crippen LogP contribution >= 0.6 is 0 Å². The third-order valence-electron chi connectivity index (χ3n) is 3.54. The van der Waals surface area contributed by atoms with E-state index in [1.54, 1.807) is 25.1 Å². The summed E-state index contributed by atoms with van der Waals surface area (Å²) in [5.41, 5.74) is -0.345. The number of aliphatic hydroxyl groups is 1. The summed E-state index contributed by atoms with van der Waals surface area (Å²) in [6.07, 6.45) is 1.91. The molecule has 0 fully saturated rings. The van der Waals surface area contributed by atoms with Crippen molar-refractivity contribution in [2.45, 2.75) is 18.9 Å². The zero-order chi connectivity index (χ0) is 14.9. The number of pyridine rings is 1. The van der Waals surface area contributed by atoms with Crippen molar-refractivity contribution < 1.29 is 19.0 Å². The van der Waals surface area contributed by atoms with E-state index in [1.807, 2.05) is 0 Å². The van der Waals surface area contributed by atoms with Gasteiger partial charge < -0.3 is 14.6 Å². The van der Waals surface area contributed by atoms with Gasteiger partial charge in [0.05, 0.1) is 25.1 Å². The Morgan fingerprint density at radius 2 is 1.90 bits per heavy atom. The molecule has 0 amide bonds. The second-order valence-electron chi connectivity index (χ2n) is 5.15. The number of benzene rings is 1. The number of rotatable bonds is 2. The molecule has 0 saturated carbocycles. The van der Waals surface area contributed by atoms with Gasteiger partial charge in [0.25, 0.3) is 0 Å². The molecule has 0 bridgehead atoms. The summed E-state index contributed by atoms with van der Waals surface area (Å²) in [5.74, 6) is 0.833. The number of hydrogen-bond donors (Lipinski definition) is 1. The average Bonchev–Trinajstić information content (AvgIpc) is 2.72. The predicted octanol–water partition coefficient (Wildman–Crippen LogP) is 2.64. The van der Waals surface area contributed by atoms with Crippen LogP contribution in [0.3, 0.4) is 0 Å². The lowest BCUT2D eigenvalue weighted by Crippen LogP contribution is -2.24. The number of ether oxygens (including phenoxy) is 2. The van der Waals surface area contributed by atoms with Crippen LogP contribution in [0.5, 0.6) is 11.5 Å². The van der Waals surface area contributed by atoms with E-state index < -0.39 is 11.4 Å². The molecule has 0 saturated heterocycles. The van der Waals surface area contributed by atoms with Crippen molar-refractivity contribution in [1.82, 2.24) is 4.98 Å². The largest absolute Gasteiger partial charge is 0.490 e. The van der Waals surface area contributed by atoms with Crippen LogP contribution in [0, 0.1) is 5.82 Å². The van der Waals surface area contributed by atoms with Gasteiger partial charge in [-0.2, -0.15) is 0 Å². The Bertz CT molecular complexity index is 640. The molecular formula is C16H16FNO3. The maximum absolute atomic E-state index is 13.0. The standard InChI is InChI=1S/C16H16FNO3/c1-16(19,15-6-4-12(17)10-18-15)11-3-5-13-14(9-11)21-8-2-7-20-13/h3-6,9-10,19H,2,7-8H2,1H3. The summed E-state index contributed by atoms with van der Waals surface area (Å²) in [5, 5.41) is 10.7. The van der Waals surface area contributed by atoms with Gasteiger partial charge in [0.2, 0.25) is 0 Å². The second kappa shape index (κ2) is 5.33. The highest BCUT2D eigenvalue weighted by atomic mass is 19.1. The monoisotopic (exact) mass is 289 g/mol. The van der Waals surface area contributed by atoms with Crippen LogP contribution in [0.2, 0.25) is 0 Å². The van der Waals surface area contributed by atoms with Gasteiger partial charge in [-0.25, -0.2) is 4.39 Å². The Balaban J connectivity index is 1.98. The van der Waals surface area contributed by atoms with Gasteiger partial charge in [-0.15, -0.1) is 0 Å². The zero-order valence-corrected chi connectivity index (χ0v) is 11.7. The molecule has 1 N–H and O–H groups in total. The van der Waals surface area contributed by atoms with Crippen LogP contribution in [0.25, 0.3) is 0 Å². The predicted molar refractivity (Wildman–Crippen MR) is 74.9 cm³/mol. The molecule has 1 aliphatic rings. The Labute approximate surface area is 122 Å². The Morgan fingerprint density at radius 3 is 2.62 bits per heavy atom. The fraction of sp³-hybridized carbons (Fsp3) is 0.312. The van der Waals surface area contributed by atoms with Gasteiger partial charge in [-0.1, -0.05) is 6.07 Å². The lowest BCUT2D eigenvalue weighted by atomic mass is 9.91. The molecule has 5 heteroatoms. The van der Waals surface area contributed by atoms with E-state index >= 15 is 0 Å². The molecule has 0 aliphatic carbocycles. The Hall–Kier alpha value is -2.14. The van der Waals surface area contributed by atoms with Crippen LogP contribution in [-0.4, -0.2) is 23.3 Å². The molecule has 21 heavy (non-hydrogen) atoms. The first kappa shape index (κ1) is 13.8. The minimum absolute atomic E-state index is 0.374. The summed E-state index contributed by atoms with van der Waals surface area (Å²) in [7, 11) is 0. The van der Waals surface area contributed by atoms with Crippen LogP contribution in [0.15, 0.2) is 36.5 Å². The molecule has 0 spiro atoms. The minimum Gasteiger partial charge on any atom is -0.490 e. The van der Waals surface area contributed by atoms with Gasteiger partial charge in [0.15, 0.2) is 11.5 Å². The van der Waals surface area contributed by atoms with Crippen LogP contribution in [0.1, 0.15) is 24.6 Å². The molecule has 2 aromatic rings. The van der Waals surface area contributed by atoms with Crippen LogP contribution < -0.4 is 9.47 Å². The van der Waals surface area contributed by atoms with Gasteiger partial charge in [-0.3, -0.25) is 4.98 Å². The Morgan fingerprint density at radius 1 is 1.14 bits per heavy atom. The highest BCUT2D eigenvalue weighted by molar-refractivity contribution is 5.46. The SMILES string of the molecule is CC(O)(c1ccc2c(c1)OCCCO2)c1ccc(F)cn1. The molecule has 1 aromatic heterocycles. The first-order chi connectivity index (χ1) is 10.1. The Kier molecular flexibility index (Phi) is 3.51. The van der Waals surface area contributed by atoms with E-state index in [2.05, 4.69) is 4.98 Å². The maximum atomic E-state index is 13.0. The van der Waals surface area contributed by atoms with Gasteiger partial charge in [0, 0.05) is 6.42 Å². The lowest BCUT2D eigenvalue weighted by molar-refractivity contribution is 0.0968. The van der Waals surface area contributed by atoms with Crippen molar-refractivity contribution in [3.8, 4) is 11.5 Å². The van der Waals surface area contributed by atoms with Gasteiger partial charge >= 0.3 is 0 Å². The van der Waals surface area contributed by atoms with E-state index in [4.69, 9.17) is 9.47 Å². The molecule has 1 aliphatic heterocycles. The van der Waals surface area contributed by atoms with Crippen molar-refractivity contribution in [3.63, 3.8) is 0 Å². The summed E-state index contributed by atoms with van der Waals surface area (Å²) >= 11 is 0. The smallest absolute Gasteiger partial charge is 0.161 e. The normalized spacial score (nSPS) is 16.9. The molecule has 1 aromatic carbocycles. The summed E-state index contributed by atoms with van der Waals surface area (Å²) in [6, 6.07) is 8.02. The van der Waals surface area contributed by atoms with Gasteiger partial charge in [0.1, 0.15) is 11.4 Å². The average molecular weight is 289 g/mol. The van der Waals surface area contributed by atoms with E-state index in [1.165, 1.54) is 12.1 Å².